The van der Waals surface area contributed by atoms with Gasteiger partial charge in [0.2, 0.25) is 5.91 Å². The molecule has 0 saturated carbocycles. The SMILES string of the molecule is CNC(=O)C(C)(C)CNc1cccc(Cl)c1C(N)=S. The van der Waals surface area contributed by atoms with Gasteiger partial charge in [0.1, 0.15) is 4.99 Å². The number of carbonyl (C=O) groups is 1. The van der Waals surface area contributed by atoms with Crippen LogP contribution >= 0.6 is 23.8 Å². The third kappa shape index (κ3) is 3.81. The normalized spacial score (nSPS) is 10.9. The lowest BCUT2D eigenvalue weighted by Gasteiger charge is -2.24. The van der Waals surface area contributed by atoms with Crippen LogP contribution in [-0.4, -0.2) is 24.5 Å². The average molecular weight is 300 g/mol. The van der Waals surface area contributed by atoms with Gasteiger partial charge in [-0.1, -0.05) is 29.9 Å². The minimum atomic E-state index is -0.551. The van der Waals surface area contributed by atoms with Crippen molar-refractivity contribution in [2.45, 2.75) is 13.8 Å². The molecule has 0 aliphatic heterocycles. The van der Waals surface area contributed by atoms with E-state index in [1.54, 1.807) is 19.2 Å². The standard InChI is InChI=1S/C13H18ClN3OS/c1-13(2,12(18)16-3)7-17-9-6-4-5-8(14)10(9)11(15)19/h4-6,17H,7H2,1-3H3,(H2,15,19)(H,16,18). The molecule has 6 heteroatoms. The van der Waals surface area contributed by atoms with Crippen LogP contribution < -0.4 is 16.4 Å². The monoisotopic (exact) mass is 299 g/mol. The molecule has 0 radical (unpaired) electrons. The Hall–Kier alpha value is -1.33. The number of rotatable bonds is 5. The van der Waals surface area contributed by atoms with Crippen molar-refractivity contribution < 1.29 is 4.79 Å². The zero-order valence-electron chi connectivity index (χ0n) is 11.2. The molecular formula is C13H18ClN3OS. The Kier molecular flexibility index (Phi) is 5.14. The Labute approximate surface area is 123 Å². The fourth-order valence-corrected chi connectivity index (χ4v) is 2.21. The van der Waals surface area contributed by atoms with E-state index in [-0.39, 0.29) is 10.9 Å². The molecule has 19 heavy (non-hydrogen) atoms. The van der Waals surface area contributed by atoms with Crippen LogP contribution in [-0.2, 0) is 4.79 Å². The van der Waals surface area contributed by atoms with Gasteiger partial charge in [-0.3, -0.25) is 4.79 Å². The topological polar surface area (TPSA) is 67.2 Å². The summed E-state index contributed by atoms with van der Waals surface area (Å²) in [5.74, 6) is -0.0427. The van der Waals surface area contributed by atoms with Gasteiger partial charge >= 0.3 is 0 Å². The van der Waals surface area contributed by atoms with Crippen LogP contribution in [0, 0.1) is 5.41 Å². The number of carbonyl (C=O) groups excluding carboxylic acids is 1. The zero-order valence-corrected chi connectivity index (χ0v) is 12.8. The smallest absolute Gasteiger partial charge is 0.227 e. The number of halogens is 1. The lowest BCUT2D eigenvalue weighted by atomic mass is 9.92. The van der Waals surface area contributed by atoms with Crippen molar-refractivity contribution in [1.82, 2.24) is 5.32 Å². The van der Waals surface area contributed by atoms with Crippen molar-refractivity contribution in [3.63, 3.8) is 0 Å². The van der Waals surface area contributed by atoms with Crippen LogP contribution in [0.5, 0.6) is 0 Å². The molecular weight excluding hydrogens is 282 g/mol. The van der Waals surface area contributed by atoms with E-state index in [0.29, 0.717) is 17.1 Å². The van der Waals surface area contributed by atoms with Crippen LogP contribution in [0.1, 0.15) is 19.4 Å². The maximum atomic E-state index is 11.7. The van der Waals surface area contributed by atoms with Crippen LogP contribution in [0.4, 0.5) is 5.69 Å². The predicted octanol–water partition coefficient (Wildman–Crippen LogP) is 2.16. The molecule has 0 aliphatic rings. The first-order valence-electron chi connectivity index (χ1n) is 5.84. The summed E-state index contributed by atoms with van der Waals surface area (Å²) in [6.45, 7) is 4.15. The Morgan fingerprint density at radius 1 is 1.47 bits per heavy atom. The molecule has 0 bridgehead atoms. The molecule has 1 amide bonds. The maximum Gasteiger partial charge on any atom is 0.227 e. The van der Waals surface area contributed by atoms with Gasteiger partial charge in [0.05, 0.1) is 16.0 Å². The number of benzene rings is 1. The van der Waals surface area contributed by atoms with Crippen molar-refractivity contribution >= 4 is 40.4 Å². The van der Waals surface area contributed by atoms with Crippen molar-refractivity contribution in [3.8, 4) is 0 Å². The average Bonchev–Trinajstić information content (AvgIpc) is 2.34. The fourth-order valence-electron chi connectivity index (χ4n) is 1.66. The molecule has 1 rings (SSSR count). The van der Waals surface area contributed by atoms with Gasteiger partial charge in [-0.25, -0.2) is 0 Å². The number of thiocarbonyl (C=S) groups is 1. The second-order valence-corrected chi connectivity index (χ2v) is 5.69. The van der Waals surface area contributed by atoms with E-state index >= 15 is 0 Å². The zero-order chi connectivity index (χ0) is 14.6. The lowest BCUT2D eigenvalue weighted by molar-refractivity contribution is -0.128. The molecule has 0 heterocycles. The largest absolute Gasteiger partial charge is 0.389 e. The molecule has 0 aliphatic carbocycles. The number of hydrogen-bond donors (Lipinski definition) is 3. The number of nitrogens with one attached hydrogen (secondary N) is 2. The summed E-state index contributed by atoms with van der Waals surface area (Å²) in [7, 11) is 1.61. The molecule has 0 unspecified atom stereocenters. The van der Waals surface area contributed by atoms with Crippen LogP contribution in [0.3, 0.4) is 0 Å². The first-order valence-corrected chi connectivity index (χ1v) is 6.62. The van der Waals surface area contributed by atoms with E-state index in [9.17, 15) is 4.79 Å². The van der Waals surface area contributed by atoms with E-state index in [1.165, 1.54) is 0 Å². The number of hydrogen-bond acceptors (Lipinski definition) is 3. The highest BCUT2D eigenvalue weighted by Gasteiger charge is 2.26. The minimum absolute atomic E-state index is 0.0427. The molecule has 4 N–H and O–H groups in total. The van der Waals surface area contributed by atoms with Gasteiger partial charge in [0.15, 0.2) is 0 Å². The summed E-state index contributed by atoms with van der Waals surface area (Å²) < 4.78 is 0. The van der Waals surface area contributed by atoms with Gasteiger partial charge in [0.25, 0.3) is 0 Å². The van der Waals surface area contributed by atoms with E-state index in [2.05, 4.69) is 10.6 Å². The molecule has 104 valence electrons. The molecule has 0 atom stereocenters. The minimum Gasteiger partial charge on any atom is -0.389 e. The summed E-state index contributed by atoms with van der Waals surface area (Å²) in [5.41, 5.74) is 6.45. The van der Waals surface area contributed by atoms with Gasteiger partial charge in [-0.2, -0.15) is 0 Å². The molecule has 0 spiro atoms. The third-order valence-electron chi connectivity index (χ3n) is 2.82. The molecule has 4 nitrogen and oxygen atoms in total. The molecule has 1 aromatic rings. The van der Waals surface area contributed by atoms with Crippen molar-refractivity contribution in [3.05, 3.63) is 28.8 Å². The number of nitrogens with two attached hydrogens (primary N) is 1. The summed E-state index contributed by atoms with van der Waals surface area (Å²) in [6.07, 6.45) is 0. The number of anilines is 1. The van der Waals surface area contributed by atoms with Gasteiger partial charge < -0.3 is 16.4 Å². The Morgan fingerprint density at radius 2 is 2.11 bits per heavy atom. The van der Waals surface area contributed by atoms with E-state index in [4.69, 9.17) is 29.6 Å². The van der Waals surface area contributed by atoms with E-state index in [0.717, 1.165) is 5.69 Å². The highest BCUT2D eigenvalue weighted by Crippen LogP contribution is 2.26. The first-order chi connectivity index (χ1) is 8.79. The molecule has 0 aromatic heterocycles. The predicted molar refractivity (Wildman–Crippen MR) is 83.7 cm³/mol. The number of amides is 1. The Morgan fingerprint density at radius 3 is 2.63 bits per heavy atom. The highest BCUT2D eigenvalue weighted by molar-refractivity contribution is 7.80. The summed E-state index contributed by atoms with van der Waals surface area (Å²) in [5, 5.41) is 6.31. The quantitative estimate of drug-likeness (QED) is 0.729. The van der Waals surface area contributed by atoms with Gasteiger partial charge in [-0.05, 0) is 26.0 Å². The first kappa shape index (κ1) is 15.7. The van der Waals surface area contributed by atoms with Crippen molar-refractivity contribution in [1.29, 1.82) is 0 Å². The van der Waals surface area contributed by atoms with Crippen LogP contribution in [0.2, 0.25) is 5.02 Å². The third-order valence-corrected chi connectivity index (χ3v) is 3.34. The van der Waals surface area contributed by atoms with Crippen molar-refractivity contribution in [2.24, 2.45) is 11.1 Å². The van der Waals surface area contributed by atoms with Gasteiger partial charge in [-0.15, -0.1) is 0 Å². The molecule has 1 aromatic carbocycles. The van der Waals surface area contributed by atoms with Gasteiger partial charge in [0, 0.05) is 19.3 Å². The lowest BCUT2D eigenvalue weighted by Crippen LogP contribution is -2.39. The summed E-state index contributed by atoms with van der Waals surface area (Å²) in [4.78, 5) is 11.9. The van der Waals surface area contributed by atoms with E-state index in [1.807, 2.05) is 19.9 Å². The summed E-state index contributed by atoms with van der Waals surface area (Å²) in [6, 6.07) is 5.37. The second kappa shape index (κ2) is 6.21. The molecule has 0 saturated heterocycles. The van der Waals surface area contributed by atoms with Crippen LogP contribution in [0.25, 0.3) is 0 Å². The Bertz CT molecular complexity index is 503. The second-order valence-electron chi connectivity index (χ2n) is 4.84. The molecule has 0 fully saturated rings. The highest BCUT2D eigenvalue weighted by atomic mass is 35.5. The van der Waals surface area contributed by atoms with Crippen LogP contribution in [0.15, 0.2) is 18.2 Å². The summed E-state index contributed by atoms with van der Waals surface area (Å²) >= 11 is 11.1. The maximum absolute atomic E-state index is 11.7. The van der Waals surface area contributed by atoms with E-state index < -0.39 is 5.41 Å². The fraction of sp³-hybridized carbons (Fsp3) is 0.385. The van der Waals surface area contributed by atoms with Crippen molar-refractivity contribution in [2.75, 3.05) is 18.9 Å². The Balaban J connectivity index is 2.93.